The summed E-state index contributed by atoms with van der Waals surface area (Å²) in [7, 11) is 0. The third kappa shape index (κ3) is 4.98. The molecule has 40 heavy (non-hydrogen) atoms. The Morgan fingerprint density at radius 1 is 0.925 bits per heavy atom. The van der Waals surface area contributed by atoms with Crippen molar-refractivity contribution in [2.45, 2.75) is 6.18 Å². The summed E-state index contributed by atoms with van der Waals surface area (Å²) in [6, 6.07) is 17.6. The number of nitrogens with one attached hydrogen (secondary N) is 1. The maximum absolute atomic E-state index is 13.5. The number of carbonyl (C=O) groups excluding carboxylic acids is 1. The minimum absolute atomic E-state index is 0.0905. The van der Waals surface area contributed by atoms with Crippen LogP contribution < -0.4 is 15.3 Å². The molecule has 1 N–H and O–H groups in total. The lowest BCUT2D eigenvalue weighted by atomic mass is 10.0. The minimum Gasteiger partial charge on any atom is -0.400 e. The fraction of sp³-hybridized carbons (Fsp3) is 0.222. The summed E-state index contributed by atoms with van der Waals surface area (Å²) in [5, 5.41) is 9.29. The molecule has 0 bridgehead atoms. The van der Waals surface area contributed by atoms with E-state index in [9.17, 15) is 18.0 Å². The van der Waals surface area contributed by atoms with Gasteiger partial charge in [0.05, 0.1) is 35.9 Å². The second-order valence-electron chi connectivity index (χ2n) is 8.99. The number of benzodiazepines with no additional fused rings is 1. The van der Waals surface area contributed by atoms with E-state index in [1.807, 2.05) is 42.5 Å². The Morgan fingerprint density at radius 2 is 1.68 bits per heavy atom. The van der Waals surface area contributed by atoms with Crippen LogP contribution in [-0.2, 0) is 15.7 Å². The largest absolute Gasteiger partial charge is 0.417 e. The normalized spacial score (nSPS) is 15.9. The molecule has 6 rings (SSSR count). The molecule has 4 aromatic rings. The number of alkyl halides is 3. The molecular weight excluding hydrogens is 527 g/mol. The predicted molar refractivity (Wildman–Crippen MR) is 140 cm³/mol. The summed E-state index contributed by atoms with van der Waals surface area (Å²) < 4.78 is 51.5. The van der Waals surface area contributed by atoms with E-state index < -0.39 is 11.7 Å². The average molecular weight is 550 g/mol. The number of para-hydroxylation sites is 1. The molecule has 1 amide bonds. The van der Waals surface area contributed by atoms with Gasteiger partial charge in [-0.05, 0) is 12.1 Å². The van der Waals surface area contributed by atoms with Gasteiger partial charge in [0.2, 0.25) is 0 Å². The highest BCUT2D eigenvalue weighted by Crippen LogP contribution is 2.36. The summed E-state index contributed by atoms with van der Waals surface area (Å²) in [5.74, 6) is -0.478. The van der Waals surface area contributed by atoms with Gasteiger partial charge in [-0.1, -0.05) is 53.6 Å². The SMILES string of the molecule is O=C1CN=C(c2ccccc2)c2ccccc2N1Nc1nnc(-c2ncc(C(F)(F)F)cc2N2CCOCC2)o1. The van der Waals surface area contributed by atoms with Crippen LogP contribution in [0.4, 0.5) is 30.6 Å². The smallest absolute Gasteiger partial charge is 0.400 e. The number of benzene rings is 2. The molecule has 0 spiro atoms. The molecule has 0 saturated carbocycles. The van der Waals surface area contributed by atoms with Gasteiger partial charge in [0.25, 0.3) is 11.8 Å². The van der Waals surface area contributed by atoms with Crippen molar-refractivity contribution in [3.63, 3.8) is 0 Å². The van der Waals surface area contributed by atoms with Crippen molar-refractivity contribution in [3.8, 4) is 11.6 Å². The Labute approximate surface area is 226 Å². The Kier molecular flexibility index (Phi) is 6.64. The first-order valence-electron chi connectivity index (χ1n) is 12.4. The quantitative estimate of drug-likeness (QED) is 0.395. The summed E-state index contributed by atoms with van der Waals surface area (Å²) in [4.78, 5) is 23.5. The molecule has 1 saturated heterocycles. The Hall–Kier alpha value is -4.78. The fourth-order valence-electron chi connectivity index (χ4n) is 4.55. The third-order valence-corrected chi connectivity index (χ3v) is 6.45. The standard InChI is InChI=1S/C27H22F3N7O3/c28-27(29,30)18-14-21(36-10-12-39-13-11-36)24(31-15-18)25-33-34-26(40-25)35-37-20-9-5-4-8-19(20)23(32-16-22(37)38)17-6-2-1-3-7-17/h1-9,14-15H,10-13,16H2,(H,34,35). The van der Waals surface area contributed by atoms with E-state index in [1.165, 1.54) is 5.01 Å². The maximum Gasteiger partial charge on any atom is 0.417 e. The van der Waals surface area contributed by atoms with Crippen molar-refractivity contribution in [2.24, 2.45) is 4.99 Å². The molecule has 0 radical (unpaired) electrons. The van der Waals surface area contributed by atoms with Gasteiger partial charge in [0, 0.05) is 30.4 Å². The lowest BCUT2D eigenvalue weighted by Crippen LogP contribution is -2.37. The Morgan fingerprint density at radius 3 is 2.45 bits per heavy atom. The highest BCUT2D eigenvalue weighted by atomic mass is 19.4. The molecule has 204 valence electrons. The van der Waals surface area contributed by atoms with E-state index in [-0.39, 0.29) is 35.7 Å². The topological polar surface area (TPSA) is 109 Å². The number of pyridine rings is 1. The number of carbonyl (C=O) groups is 1. The molecule has 4 heterocycles. The molecule has 0 atom stereocenters. The van der Waals surface area contributed by atoms with Gasteiger partial charge < -0.3 is 14.1 Å². The van der Waals surface area contributed by atoms with E-state index in [4.69, 9.17) is 9.15 Å². The molecule has 0 aliphatic carbocycles. The summed E-state index contributed by atoms with van der Waals surface area (Å²) in [6.07, 6.45) is -3.84. The number of anilines is 3. The summed E-state index contributed by atoms with van der Waals surface area (Å²) in [6.45, 7) is 1.32. The summed E-state index contributed by atoms with van der Waals surface area (Å²) in [5.41, 5.74) is 5.00. The van der Waals surface area contributed by atoms with Crippen LogP contribution in [0.3, 0.4) is 0 Å². The maximum atomic E-state index is 13.5. The number of fused-ring (bicyclic) bond motifs is 1. The zero-order valence-electron chi connectivity index (χ0n) is 20.9. The first-order valence-corrected chi connectivity index (χ1v) is 12.4. The molecule has 1 fully saturated rings. The lowest BCUT2D eigenvalue weighted by Gasteiger charge is -2.30. The second-order valence-corrected chi connectivity index (χ2v) is 8.99. The molecular formula is C27H22F3N7O3. The first kappa shape index (κ1) is 25.5. The lowest BCUT2D eigenvalue weighted by molar-refractivity contribution is -0.137. The Bertz CT molecular complexity index is 1570. The number of aromatic nitrogens is 3. The van der Waals surface area contributed by atoms with Crippen LogP contribution >= 0.6 is 0 Å². The number of ether oxygens (including phenoxy) is 1. The van der Waals surface area contributed by atoms with Gasteiger partial charge in [-0.2, -0.15) is 13.2 Å². The molecule has 2 aromatic heterocycles. The van der Waals surface area contributed by atoms with Crippen LogP contribution in [0.5, 0.6) is 0 Å². The highest BCUT2D eigenvalue weighted by molar-refractivity contribution is 6.19. The van der Waals surface area contributed by atoms with Crippen LogP contribution in [0.25, 0.3) is 11.6 Å². The number of aliphatic imine (C=N–C) groups is 1. The number of halogens is 3. The fourth-order valence-corrected chi connectivity index (χ4v) is 4.55. The molecule has 13 heteroatoms. The van der Waals surface area contributed by atoms with E-state index >= 15 is 0 Å². The van der Waals surface area contributed by atoms with Crippen LogP contribution in [0.1, 0.15) is 16.7 Å². The number of amides is 1. The third-order valence-electron chi connectivity index (χ3n) is 6.45. The average Bonchev–Trinajstić information content (AvgIpc) is 3.40. The van der Waals surface area contributed by atoms with Crippen molar-refractivity contribution < 1.29 is 27.1 Å². The van der Waals surface area contributed by atoms with E-state index in [1.54, 1.807) is 17.0 Å². The van der Waals surface area contributed by atoms with Crippen LogP contribution in [0.15, 0.2) is 76.3 Å². The van der Waals surface area contributed by atoms with Crippen LogP contribution in [0, 0.1) is 0 Å². The van der Waals surface area contributed by atoms with Gasteiger partial charge in [-0.3, -0.25) is 9.79 Å². The Balaban J connectivity index is 1.33. The van der Waals surface area contributed by atoms with Crippen molar-refractivity contribution in [1.82, 2.24) is 15.2 Å². The highest BCUT2D eigenvalue weighted by Gasteiger charge is 2.34. The number of morpholine rings is 1. The monoisotopic (exact) mass is 549 g/mol. The first-order chi connectivity index (χ1) is 19.4. The molecule has 2 aliphatic rings. The molecule has 0 unspecified atom stereocenters. The molecule has 2 aromatic carbocycles. The van der Waals surface area contributed by atoms with E-state index in [0.29, 0.717) is 43.3 Å². The number of hydrazine groups is 1. The van der Waals surface area contributed by atoms with Gasteiger partial charge in [-0.15, -0.1) is 5.10 Å². The summed E-state index contributed by atoms with van der Waals surface area (Å²) >= 11 is 0. The molecule has 10 nitrogen and oxygen atoms in total. The van der Waals surface area contributed by atoms with Crippen molar-refractivity contribution >= 4 is 29.0 Å². The zero-order chi connectivity index (χ0) is 27.7. The van der Waals surface area contributed by atoms with Gasteiger partial charge in [0.1, 0.15) is 6.54 Å². The van der Waals surface area contributed by atoms with Crippen LogP contribution in [0.2, 0.25) is 0 Å². The number of hydrogen-bond donors (Lipinski definition) is 1. The van der Waals surface area contributed by atoms with E-state index in [0.717, 1.165) is 17.8 Å². The number of hydrogen-bond acceptors (Lipinski definition) is 9. The molecule has 2 aliphatic heterocycles. The zero-order valence-corrected chi connectivity index (χ0v) is 20.9. The predicted octanol–water partition coefficient (Wildman–Crippen LogP) is 4.20. The second kappa shape index (κ2) is 10.4. The van der Waals surface area contributed by atoms with Gasteiger partial charge in [-0.25, -0.2) is 15.4 Å². The van der Waals surface area contributed by atoms with Gasteiger partial charge >= 0.3 is 12.2 Å². The van der Waals surface area contributed by atoms with E-state index in [2.05, 4.69) is 25.6 Å². The van der Waals surface area contributed by atoms with Crippen LogP contribution in [-0.4, -0.2) is 59.6 Å². The van der Waals surface area contributed by atoms with Gasteiger partial charge in [0.15, 0.2) is 5.69 Å². The van der Waals surface area contributed by atoms with Crippen molar-refractivity contribution in [2.75, 3.05) is 48.2 Å². The minimum atomic E-state index is -4.57. The number of nitrogens with zero attached hydrogens (tertiary/aromatic N) is 6. The van der Waals surface area contributed by atoms with Crippen molar-refractivity contribution in [1.29, 1.82) is 0 Å². The number of rotatable bonds is 5. The van der Waals surface area contributed by atoms with Crippen molar-refractivity contribution in [3.05, 3.63) is 83.6 Å².